The molecule has 1 aromatic heterocycles. The lowest BCUT2D eigenvalue weighted by Gasteiger charge is -2.19. The second-order valence-electron chi connectivity index (χ2n) is 6.76. The number of nitrogens with zero attached hydrogens (tertiary/aromatic N) is 4. The van der Waals surface area contributed by atoms with Crippen LogP contribution in [-0.4, -0.2) is 47.6 Å². The Bertz CT molecular complexity index is 776. The normalized spacial score (nSPS) is 16.8. The second-order valence-corrected chi connectivity index (χ2v) is 6.76. The Morgan fingerprint density at radius 2 is 2.07 bits per heavy atom. The molecule has 1 aromatic carbocycles. The molecule has 0 bridgehead atoms. The number of hydrogen-bond acceptors (Lipinski definition) is 3. The van der Waals surface area contributed by atoms with Gasteiger partial charge in [0, 0.05) is 51.2 Å². The maximum absolute atomic E-state index is 12.3. The summed E-state index contributed by atoms with van der Waals surface area (Å²) >= 11 is 0. The van der Waals surface area contributed by atoms with Crippen molar-refractivity contribution in [1.29, 1.82) is 0 Å². The molecule has 1 saturated heterocycles. The van der Waals surface area contributed by atoms with Gasteiger partial charge < -0.3 is 20.1 Å². The first-order valence-electron chi connectivity index (χ1n) is 9.47. The number of aryl methyl sites for hydroxylation is 2. The van der Waals surface area contributed by atoms with E-state index in [1.165, 1.54) is 0 Å². The molecule has 2 heterocycles. The van der Waals surface area contributed by atoms with Gasteiger partial charge in [0.2, 0.25) is 5.91 Å². The fourth-order valence-corrected chi connectivity index (χ4v) is 3.30. The molecule has 1 aliphatic heterocycles. The zero-order valence-corrected chi connectivity index (χ0v) is 18.8. The number of para-hydroxylation sites is 1. The Labute approximate surface area is 183 Å². The minimum absolute atomic E-state index is 0. The average molecular weight is 496 g/mol. The van der Waals surface area contributed by atoms with Crippen LogP contribution in [0.2, 0.25) is 0 Å². The molecule has 0 radical (unpaired) electrons. The van der Waals surface area contributed by atoms with Crippen molar-refractivity contribution in [1.82, 2.24) is 20.2 Å². The maximum atomic E-state index is 12.3. The number of anilines is 1. The highest BCUT2D eigenvalue weighted by molar-refractivity contribution is 14.0. The lowest BCUT2D eigenvalue weighted by Crippen LogP contribution is -2.44. The largest absolute Gasteiger partial charge is 0.356 e. The van der Waals surface area contributed by atoms with Gasteiger partial charge in [-0.05, 0) is 31.9 Å². The number of guanidine groups is 1. The maximum Gasteiger partial charge on any atom is 0.229 e. The van der Waals surface area contributed by atoms with Gasteiger partial charge in [-0.3, -0.25) is 9.79 Å². The molecule has 2 aromatic rings. The van der Waals surface area contributed by atoms with Crippen LogP contribution in [0.15, 0.2) is 47.7 Å². The van der Waals surface area contributed by atoms with Gasteiger partial charge in [-0.2, -0.15) is 0 Å². The third kappa shape index (κ3) is 5.95. The number of aliphatic imine (C=N–C) groups is 1. The lowest BCUT2D eigenvalue weighted by atomic mass is 10.2. The number of aromatic nitrogens is 2. The zero-order valence-electron chi connectivity index (χ0n) is 16.5. The summed E-state index contributed by atoms with van der Waals surface area (Å²) in [4.78, 5) is 22.7. The van der Waals surface area contributed by atoms with Gasteiger partial charge in [-0.15, -0.1) is 24.0 Å². The third-order valence-corrected chi connectivity index (χ3v) is 4.80. The van der Waals surface area contributed by atoms with Crippen molar-refractivity contribution in [3.63, 3.8) is 0 Å². The standard InChI is InChI=1S/C20H28N6O.HI/c1-16-22-11-13-25(16)12-7-6-10-23-20(21-2)24-17-14-19(27)26(15-17)18-8-4-3-5-9-18;/h3-5,8-9,11,13,17H,6-7,10,12,14-15H2,1-2H3,(H2,21,23,24);1H. The molecule has 1 atom stereocenters. The molecular weight excluding hydrogens is 467 g/mol. The fourth-order valence-electron chi connectivity index (χ4n) is 3.30. The van der Waals surface area contributed by atoms with Crippen LogP contribution in [0, 0.1) is 6.92 Å². The first-order valence-corrected chi connectivity index (χ1v) is 9.47. The average Bonchev–Trinajstić information content (AvgIpc) is 3.26. The van der Waals surface area contributed by atoms with Crippen molar-refractivity contribution in [3.05, 3.63) is 48.5 Å². The topological polar surface area (TPSA) is 74.5 Å². The van der Waals surface area contributed by atoms with Crippen LogP contribution in [0.1, 0.15) is 25.1 Å². The summed E-state index contributed by atoms with van der Waals surface area (Å²) in [6, 6.07) is 9.87. The molecular formula is C20H29IN6O. The SMILES string of the molecule is CN=C(NCCCCn1ccnc1C)NC1CC(=O)N(c2ccccc2)C1.I. The van der Waals surface area contributed by atoms with Crippen molar-refractivity contribution in [2.24, 2.45) is 4.99 Å². The number of hydrogen-bond donors (Lipinski definition) is 2. The Kier molecular flexibility index (Phi) is 8.75. The van der Waals surface area contributed by atoms with E-state index in [1.807, 2.05) is 54.5 Å². The number of unbranched alkanes of at least 4 members (excludes halogenated alkanes) is 1. The van der Waals surface area contributed by atoms with Crippen LogP contribution in [0.3, 0.4) is 0 Å². The van der Waals surface area contributed by atoms with Crippen molar-refractivity contribution >= 4 is 41.5 Å². The van der Waals surface area contributed by atoms with Crippen LogP contribution in [0.25, 0.3) is 0 Å². The molecule has 28 heavy (non-hydrogen) atoms. The number of benzene rings is 1. The van der Waals surface area contributed by atoms with E-state index in [2.05, 4.69) is 25.2 Å². The number of rotatable bonds is 7. The van der Waals surface area contributed by atoms with E-state index >= 15 is 0 Å². The van der Waals surface area contributed by atoms with Crippen LogP contribution in [0.5, 0.6) is 0 Å². The summed E-state index contributed by atoms with van der Waals surface area (Å²) in [6.45, 7) is 4.49. The molecule has 1 fully saturated rings. The summed E-state index contributed by atoms with van der Waals surface area (Å²) in [5.74, 6) is 1.95. The minimum atomic E-state index is 0. The number of nitrogens with one attached hydrogen (secondary N) is 2. The Morgan fingerprint density at radius 3 is 2.75 bits per heavy atom. The zero-order chi connectivity index (χ0) is 19.1. The highest BCUT2D eigenvalue weighted by Crippen LogP contribution is 2.20. The third-order valence-electron chi connectivity index (χ3n) is 4.80. The van der Waals surface area contributed by atoms with Gasteiger partial charge in [0.05, 0.1) is 6.04 Å². The van der Waals surface area contributed by atoms with E-state index in [9.17, 15) is 4.79 Å². The summed E-state index contributed by atoms with van der Waals surface area (Å²) in [5.41, 5.74) is 0.949. The van der Waals surface area contributed by atoms with Crippen LogP contribution >= 0.6 is 24.0 Å². The van der Waals surface area contributed by atoms with E-state index in [0.29, 0.717) is 13.0 Å². The number of amides is 1. The van der Waals surface area contributed by atoms with Crippen molar-refractivity contribution in [3.8, 4) is 0 Å². The van der Waals surface area contributed by atoms with E-state index in [-0.39, 0.29) is 35.9 Å². The minimum Gasteiger partial charge on any atom is -0.356 e. The van der Waals surface area contributed by atoms with Gasteiger partial charge in [-0.25, -0.2) is 4.98 Å². The highest BCUT2D eigenvalue weighted by atomic mass is 127. The van der Waals surface area contributed by atoms with Gasteiger partial charge in [0.25, 0.3) is 0 Å². The second kappa shape index (κ2) is 11.0. The molecule has 152 valence electrons. The van der Waals surface area contributed by atoms with Crippen LogP contribution < -0.4 is 15.5 Å². The lowest BCUT2D eigenvalue weighted by molar-refractivity contribution is -0.117. The van der Waals surface area contributed by atoms with Crippen molar-refractivity contribution in [2.45, 2.75) is 38.8 Å². The van der Waals surface area contributed by atoms with E-state index < -0.39 is 0 Å². The van der Waals surface area contributed by atoms with Crippen LogP contribution in [-0.2, 0) is 11.3 Å². The Morgan fingerprint density at radius 1 is 1.29 bits per heavy atom. The number of carbonyl (C=O) groups is 1. The first-order chi connectivity index (χ1) is 13.2. The molecule has 1 unspecified atom stereocenters. The number of halogens is 1. The summed E-state index contributed by atoms with van der Waals surface area (Å²) in [6.07, 6.45) is 6.44. The van der Waals surface area contributed by atoms with Gasteiger partial charge in [0.15, 0.2) is 5.96 Å². The Balaban J connectivity index is 0.00000280. The molecule has 7 nitrogen and oxygen atoms in total. The fraction of sp³-hybridized carbons (Fsp3) is 0.450. The quantitative estimate of drug-likeness (QED) is 0.268. The molecule has 0 spiro atoms. The monoisotopic (exact) mass is 496 g/mol. The molecule has 8 heteroatoms. The smallest absolute Gasteiger partial charge is 0.229 e. The molecule has 1 amide bonds. The predicted octanol–water partition coefficient (Wildman–Crippen LogP) is 2.56. The highest BCUT2D eigenvalue weighted by Gasteiger charge is 2.30. The van der Waals surface area contributed by atoms with E-state index in [1.54, 1.807) is 7.05 Å². The summed E-state index contributed by atoms with van der Waals surface area (Å²) in [7, 11) is 1.76. The van der Waals surface area contributed by atoms with Crippen molar-refractivity contribution < 1.29 is 4.79 Å². The molecule has 3 rings (SSSR count). The molecule has 0 saturated carbocycles. The van der Waals surface area contributed by atoms with E-state index in [0.717, 1.165) is 43.4 Å². The summed E-state index contributed by atoms with van der Waals surface area (Å²) in [5, 5.41) is 6.72. The van der Waals surface area contributed by atoms with Gasteiger partial charge in [0.1, 0.15) is 5.82 Å². The molecule has 2 N–H and O–H groups in total. The van der Waals surface area contributed by atoms with Crippen molar-refractivity contribution in [2.75, 3.05) is 25.0 Å². The number of imidazole rings is 1. The van der Waals surface area contributed by atoms with Gasteiger partial charge in [-0.1, -0.05) is 18.2 Å². The molecule has 0 aliphatic carbocycles. The first kappa shape index (κ1) is 22.2. The van der Waals surface area contributed by atoms with Gasteiger partial charge >= 0.3 is 0 Å². The summed E-state index contributed by atoms with van der Waals surface area (Å²) < 4.78 is 2.16. The predicted molar refractivity (Wildman–Crippen MR) is 123 cm³/mol. The Hall–Kier alpha value is -2.10. The van der Waals surface area contributed by atoms with Crippen LogP contribution in [0.4, 0.5) is 5.69 Å². The molecule has 1 aliphatic rings. The van der Waals surface area contributed by atoms with E-state index in [4.69, 9.17) is 0 Å². The number of carbonyl (C=O) groups excluding carboxylic acids is 1.